The third kappa shape index (κ3) is 5.36. The van der Waals surface area contributed by atoms with Crippen LogP contribution in [-0.4, -0.2) is 37.8 Å². The number of nitrogens with zero attached hydrogens (tertiary/aromatic N) is 1. The third-order valence-electron chi connectivity index (χ3n) is 4.95. The van der Waals surface area contributed by atoms with Crippen molar-refractivity contribution in [2.75, 3.05) is 18.4 Å². The number of ether oxygens (including phenoxy) is 1. The van der Waals surface area contributed by atoms with Crippen molar-refractivity contribution in [3.05, 3.63) is 53.6 Å². The number of hydrogen-bond acceptors (Lipinski definition) is 4. The van der Waals surface area contributed by atoms with Crippen molar-refractivity contribution in [2.45, 2.75) is 52.0 Å². The fourth-order valence-corrected chi connectivity index (χ4v) is 4.43. The Balaban J connectivity index is 2.12. The van der Waals surface area contributed by atoms with Crippen LogP contribution in [0.2, 0.25) is 0 Å². The summed E-state index contributed by atoms with van der Waals surface area (Å²) in [4.78, 5) is 12.9. The molecule has 0 aliphatic heterocycles. The van der Waals surface area contributed by atoms with Gasteiger partial charge in [0, 0.05) is 18.8 Å². The van der Waals surface area contributed by atoms with Crippen molar-refractivity contribution >= 4 is 21.6 Å². The second-order valence-electron chi connectivity index (χ2n) is 6.82. The first kappa shape index (κ1) is 22.9. The summed E-state index contributed by atoms with van der Waals surface area (Å²) in [5, 5.41) is 2.81. The predicted molar refractivity (Wildman–Crippen MR) is 116 cm³/mol. The molecule has 1 amide bonds. The molecule has 0 heterocycles. The highest BCUT2D eigenvalue weighted by Crippen LogP contribution is 2.23. The summed E-state index contributed by atoms with van der Waals surface area (Å²) in [6, 6.07) is 12.0. The topological polar surface area (TPSA) is 75.7 Å². The number of benzene rings is 2. The number of anilines is 1. The molecule has 2 aromatic carbocycles. The Labute approximate surface area is 173 Å². The van der Waals surface area contributed by atoms with E-state index >= 15 is 0 Å². The van der Waals surface area contributed by atoms with Crippen LogP contribution in [0.4, 0.5) is 5.69 Å². The van der Waals surface area contributed by atoms with Crippen LogP contribution in [0.5, 0.6) is 5.75 Å². The standard InChI is InChI=1S/C22H30N2O4S/c1-6-20(28-21-11-9-10-16(4)17(21)5)22(25)23-18-12-14-19(15-13-18)29(26,27)24(7-2)8-3/h9-15,20H,6-8H2,1-5H3,(H,23,25). The second kappa shape index (κ2) is 9.89. The lowest BCUT2D eigenvalue weighted by atomic mass is 10.1. The molecule has 29 heavy (non-hydrogen) atoms. The van der Waals surface area contributed by atoms with Gasteiger partial charge in [-0.05, 0) is 61.7 Å². The van der Waals surface area contributed by atoms with Crippen LogP contribution in [0, 0.1) is 13.8 Å². The van der Waals surface area contributed by atoms with Crippen molar-refractivity contribution in [2.24, 2.45) is 0 Å². The smallest absolute Gasteiger partial charge is 0.265 e. The molecular weight excluding hydrogens is 388 g/mol. The molecule has 0 aliphatic carbocycles. The number of amides is 1. The molecule has 2 aromatic rings. The Morgan fingerprint density at radius 2 is 1.66 bits per heavy atom. The van der Waals surface area contributed by atoms with E-state index in [4.69, 9.17) is 4.74 Å². The molecule has 7 heteroatoms. The Morgan fingerprint density at radius 3 is 2.21 bits per heavy atom. The van der Waals surface area contributed by atoms with E-state index in [1.54, 1.807) is 26.0 Å². The summed E-state index contributed by atoms with van der Waals surface area (Å²) in [6.45, 7) is 10.3. The highest BCUT2D eigenvalue weighted by molar-refractivity contribution is 7.89. The molecule has 0 spiro atoms. The van der Waals surface area contributed by atoms with Gasteiger partial charge in [0.2, 0.25) is 10.0 Å². The molecule has 2 rings (SSSR count). The first-order chi connectivity index (χ1) is 13.7. The lowest BCUT2D eigenvalue weighted by Crippen LogP contribution is -2.32. The lowest BCUT2D eigenvalue weighted by molar-refractivity contribution is -0.122. The monoisotopic (exact) mass is 418 g/mol. The van der Waals surface area contributed by atoms with Gasteiger partial charge in [0.25, 0.3) is 5.91 Å². The number of carbonyl (C=O) groups is 1. The molecule has 1 unspecified atom stereocenters. The van der Waals surface area contributed by atoms with Gasteiger partial charge in [-0.1, -0.05) is 32.9 Å². The van der Waals surface area contributed by atoms with E-state index in [0.29, 0.717) is 30.9 Å². The molecule has 0 radical (unpaired) electrons. The largest absolute Gasteiger partial charge is 0.480 e. The van der Waals surface area contributed by atoms with Crippen molar-refractivity contribution in [1.82, 2.24) is 4.31 Å². The number of hydrogen-bond donors (Lipinski definition) is 1. The predicted octanol–water partition coefficient (Wildman–Crippen LogP) is 4.13. The zero-order valence-corrected chi connectivity index (χ0v) is 18.5. The number of sulfonamides is 1. The average molecular weight is 419 g/mol. The summed E-state index contributed by atoms with van der Waals surface area (Å²) in [5.41, 5.74) is 2.63. The molecule has 6 nitrogen and oxygen atoms in total. The van der Waals surface area contributed by atoms with E-state index < -0.39 is 16.1 Å². The molecule has 158 valence electrons. The highest BCUT2D eigenvalue weighted by Gasteiger charge is 2.22. The van der Waals surface area contributed by atoms with E-state index in [0.717, 1.165) is 11.1 Å². The number of carbonyl (C=O) groups excluding carboxylic acids is 1. The van der Waals surface area contributed by atoms with Gasteiger partial charge in [0.15, 0.2) is 6.10 Å². The minimum Gasteiger partial charge on any atom is -0.480 e. The third-order valence-corrected chi connectivity index (χ3v) is 7.02. The molecule has 0 saturated heterocycles. The first-order valence-corrected chi connectivity index (χ1v) is 11.3. The zero-order chi connectivity index (χ0) is 21.6. The first-order valence-electron chi connectivity index (χ1n) is 9.88. The van der Waals surface area contributed by atoms with Crippen LogP contribution in [0.3, 0.4) is 0 Å². The van der Waals surface area contributed by atoms with E-state index in [9.17, 15) is 13.2 Å². The highest BCUT2D eigenvalue weighted by atomic mass is 32.2. The zero-order valence-electron chi connectivity index (χ0n) is 17.7. The number of rotatable bonds is 9. The Morgan fingerprint density at radius 1 is 1.03 bits per heavy atom. The normalized spacial score (nSPS) is 12.6. The summed E-state index contributed by atoms with van der Waals surface area (Å²) >= 11 is 0. The Bertz CT molecular complexity index is 936. The number of aryl methyl sites for hydroxylation is 1. The van der Waals surface area contributed by atoms with E-state index in [2.05, 4.69) is 5.32 Å². The minimum absolute atomic E-state index is 0.206. The second-order valence-corrected chi connectivity index (χ2v) is 8.75. The van der Waals surface area contributed by atoms with E-state index in [1.165, 1.54) is 16.4 Å². The van der Waals surface area contributed by atoms with E-state index in [1.807, 2.05) is 39.0 Å². The molecule has 0 bridgehead atoms. The maximum Gasteiger partial charge on any atom is 0.265 e. The molecule has 1 N–H and O–H groups in total. The van der Waals surface area contributed by atoms with Gasteiger partial charge in [0.05, 0.1) is 4.90 Å². The van der Waals surface area contributed by atoms with Crippen LogP contribution in [-0.2, 0) is 14.8 Å². The fourth-order valence-electron chi connectivity index (χ4n) is 2.97. The van der Waals surface area contributed by atoms with Crippen LogP contribution in [0.25, 0.3) is 0 Å². The van der Waals surface area contributed by atoms with Crippen LogP contribution < -0.4 is 10.1 Å². The molecule has 0 saturated carbocycles. The van der Waals surface area contributed by atoms with E-state index in [-0.39, 0.29) is 10.8 Å². The molecule has 1 atom stereocenters. The van der Waals surface area contributed by atoms with Crippen molar-refractivity contribution in [3.63, 3.8) is 0 Å². The summed E-state index contributed by atoms with van der Waals surface area (Å²) in [7, 11) is -3.52. The van der Waals surface area contributed by atoms with Crippen molar-refractivity contribution in [3.8, 4) is 5.75 Å². The lowest BCUT2D eigenvalue weighted by Gasteiger charge is -2.20. The minimum atomic E-state index is -3.52. The van der Waals surface area contributed by atoms with Gasteiger partial charge in [-0.3, -0.25) is 4.79 Å². The molecular formula is C22H30N2O4S. The van der Waals surface area contributed by atoms with Gasteiger partial charge >= 0.3 is 0 Å². The maximum atomic E-state index is 12.7. The molecule has 0 aliphatic rings. The van der Waals surface area contributed by atoms with Crippen molar-refractivity contribution in [1.29, 1.82) is 0 Å². The Kier molecular flexibility index (Phi) is 7.81. The van der Waals surface area contributed by atoms with Crippen LogP contribution in [0.15, 0.2) is 47.4 Å². The van der Waals surface area contributed by atoms with Gasteiger partial charge in [-0.15, -0.1) is 0 Å². The summed E-state index contributed by atoms with van der Waals surface area (Å²) < 4.78 is 32.5. The number of nitrogens with one attached hydrogen (secondary N) is 1. The van der Waals surface area contributed by atoms with Crippen LogP contribution in [0.1, 0.15) is 38.3 Å². The molecule has 0 aromatic heterocycles. The summed E-state index contributed by atoms with van der Waals surface area (Å²) in [6.07, 6.45) is -0.136. The van der Waals surface area contributed by atoms with Gasteiger partial charge in [0.1, 0.15) is 5.75 Å². The maximum absolute atomic E-state index is 12.7. The van der Waals surface area contributed by atoms with Crippen LogP contribution >= 0.6 is 0 Å². The molecule has 0 fully saturated rings. The quantitative estimate of drug-likeness (QED) is 0.664. The summed E-state index contributed by atoms with van der Waals surface area (Å²) in [5.74, 6) is 0.417. The Hall–Kier alpha value is -2.38. The van der Waals surface area contributed by atoms with Gasteiger partial charge in [-0.25, -0.2) is 8.42 Å². The average Bonchev–Trinajstić information content (AvgIpc) is 2.70. The fraction of sp³-hybridized carbons (Fsp3) is 0.409. The van der Waals surface area contributed by atoms with Gasteiger partial charge in [-0.2, -0.15) is 4.31 Å². The van der Waals surface area contributed by atoms with Gasteiger partial charge < -0.3 is 10.1 Å². The van der Waals surface area contributed by atoms with Crippen molar-refractivity contribution < 1.29 is 17.9 Å². The SMILES string of the molecule is CCC(Oc1cccc(C)c1C)C(=O)Nc1ccc(S(=O)(=O)N(CC)CC)cc1.